The van der Waals surface area contributed by atoms with E-state index < -0.39 is 15.0 Å². The van der Waals surface area contributed by atoms with E-state index in [4.69, 9.17) is 22.1 Å². The smallest absolute Gasteiger partial charge is 0.296 e. The Bertz CT molecular complexity index is 807. The van der Waals surface area contributed by atoms with Crippen molar-refractivity contribution in [3.63, 3.8) is 0 Å². The predicted octanol–water partition coefficient (Wildman–Crippen LogP) is 3.03. The summed E-state index contributed by atoms with van der Waals surface area (Å²) in [6.45, 7) is 0. The molecule has 2 rings (SSSR count). The molecular formula is C13H11ClN2O4S2. The van der Waals surface area contributed by atoms with Crippen LogP contribution in [0.4, 0.5) is 5.69 Å². The first-order valence-corrected chi connectivity index (χ1v) is 8.10. The fourth-order valence-electron chi connectivity index (χ4n) is 1.65. The zero-order valence-electron chi connectivity index (χ0n) is 11.0. The van der Waals surface area contributed by atoms with Gasteiger partial charge in [-0.05, 0) is 48.6 Å². The second-order valence-corrected chi connectivity index (χ2v) is 6.44. The Balaban J connectivity index is 2.38. The Kier molecular flexibility index (Phi) is 4.87. The molecule has 0 amide bonds. The normalized spacial score (nSPS) is 11.0. The largest absolute Gasteiger partial charge is 0.457 e. The van der Waals surface area contributed by atoms with Gasteiger partial charge in [0.25, 0.3) is 10.1 Å². The Morgan fingerprint density at radius 1 is 1.18 bits per heavy atom. The average Bonchev–Trinajstić information content (AvgIpc) is 2.41. The molecule has 4 N–H and O–H groups in total. The monoisotopic (exact) mass is 358 g/mol. The van der Waals surface area contributed by atoms with E-state index >= 15 is 0 Å². The Morgan fingerprint density at radius 2 is 1.77 bits per heavy atom. The first-order valence-electron chi connectivity index (χ1n) is 5.87. The van der Waals surface area contributed by atoms with Crippen molar-refractivity contribution in [3.8, 4) is 11.5 Å². The van der Waals surface area contributed by atoms with Crippen molar-refractivity contribution in [2.24, 2.45) is 5.73 Å². The molecule has 0 aromatic heterocycles. The van der Waals surface area contributed by atoms with E-state index in [-0.39, 0.29) is 16.5 Å². The first kappa shape index (κ1) is 16.5. The lowest BCUT2D eigenvalue weighted by Crippen LogP contribution is -2.20. The summed E-state index contributed by atoms with van der Waals surface area (Å²) in [4.78, 5) is -0.397. The zero-order chi connectivity index (χ0) is 16.3. The van der Waals surface area contributed by atoms with Gasteiger partial charge in [-0.3, -0.25) is 4.55 Å². The zero-order valence-corrected chi connectivity index (χ0v) is 13.4. The summed E-state index contributed by atoms with van der Waals surface area (Å²) < 4.78 is 37.7. The van der Waals surface area contributed by atoms with Gasteiger partial charge in [0.15, 0.2) is 5.11 Å². The number of anilines is 1. The molecule has 116 valence electrons. The van der Waals surface area contributed by atoms with Crippen LogP contribution in [-0.4, -0.2) is 18.1 Å². The number of benzene rings is 2. The maximum Gasteiger partial charge on any atom is 0.296 e. The molecule has 0 unspecified atom stereocenters. The molecule has 0 saturated heterocycles. The molecule has 9 heteroatoms. The highest BCUT2D eigenvalue weighted by molar-refractivity contribution is 7.86. The third-order valence-corrected chi connectivity index (χ3v) is 3.79. The quantitative estimate of drug-likeness (QED) is 0.570. The van der Waals surface area contributed by atoms with Crippen LogP contribution in [0, 0.1) is 0 Å². The molecule has 0 atom stereocenters. The van der Waals surface area contributed by atoms with Gasteiger partial charge >= 0.3 is 0 Å². The molecule has 0 aliphatic rings. The van der Waals surface area contributed by atoms with Crippen LogP contribution in [0.5, 0.6) is 11.5 Å². The number of hydrogen-bond donors (Lipinski definition) is 3. The molecule has 0 fully saturated rings. The van der Waals surface area contributed by atoms with Crippen molar-refractivity contribution >= 4 is 44.7 Å². The minimum absolute atomic E-state index is 0.0541. The van der Waals surface area contributed by atoms with Gasteiger partial charge < -0.3 is 15.8 Å². The summed E-state index contributed by atoms with van der Waals surface area (Å²) in [6.07, 6.45) is 0. The van der Waals surface area contributed by atoms with E-state index in [0.717, 1.165) is 6.07 Å². The fraction of sp³-hybridized carbons (Fsp3) is 0. The Hall–Kier alpha value is -1.87. The molecule has 2 aromatic rings. The highest BCUT2D eigenvalue weighted by Gasteiger charge is 2.17. The highest BCUT2D eigenvalue weighted by Crippen LogP contribution is 2.29. The molecule has 0 aliphatic carbocycles. The summed E-state index contributed by atoms with van der Waals surface area (Å²) in [7, 11) is -4.48. The van der Waals surface area contributed by atoms with Crippen molar-refractivity contribution in [1.82, 2.24) is 0 Å². The maximum atomic E-state index is 11.4. The molecule has 0 spiro atoms. The third-order valence-electron chi connectivity index (χ3n) is 2.54. The molecule has 0 aliphatic heterocycles. The summed E-state index contributed by atoms with van der Waals surface area (Å²) in [5, 5.41) is 2.89. The van der Waals surface area contributed by atoms with Gasteiger partial charge in [0.1, 0.15) is 16.4 Å². The van der Waals surface area contributed by atoms with E-state index in [1.165, 1.54) is 12.1 Å². The van der Waals surface area contributed by atoms with E-state index in [1.54, 1.807) is 24.3 Å². The van der Waals surface area contributed by atoms with Crippen molar-refractivity contribution in [3.05, 3.63) is 47.5 Å². The van der Waals surface area contributed by atoms with Crippen LogP contribution >= 0.6 is 23.8 Å². The summed E-state index contributed by atoms with van der Waals surface area (Å²) >= 11 is 10.4. The molecule has 0 bridgehead atoms. The predicted molar refractivity (Wildman–Crippen MR) is 88.2 cm³/mol. The van der Waals surface area contributed by atoms with Gasteiger partial charge in [0, 0.05) is 11.1 Å². The van der Waals surface area contributed by atoms with Gasteiger partial charge in [0.05, 0.1) is 5.69 Å². The van der Waals surface area contributed by atoms with Crippen LogP contribution in [0.2, 0.25) is 5.02 Å². The molecule has 22 heavy (non-hydrogen) atoms. The number of ether oxygens (including phenoxy) is 1. The molecular weight excluding hydrogens is 348 g/mol. The van der Waals surface area contributed by atoms with Gasteiger partial charge in [-0.25, -0.2) is 0 Å². The second kappa shape index (κ2) is 6.49. The Labute approximate surface area is 137 Å². The van der Waals surface area contributed by atoms with Gasteiger partial charge in [-0.15, -0.1) is 0 Å². The van der Waals surface area contributed by atoms with Crippen molar-refractivity contribution in [2.45, 2.75) is 4.90 Å². The number of nitrogens with one attached hydrogen (secondary N) is 1. The second-order valence-electron chi connectivity index (χ2n) is 4.18. The van der Waals surface area contributed by atoms with Crippen LogP contribution < -0.4 is 15.8 Å². The summed E-state index contributed by atoms with van der Waals surface area (Å²) in [5.41, 5.74) is 5.37. The number of nitrogens with two attached hydrogens (primary N) is 1. The topological polar surface area (TPSA) is 102 Å². The van der Waals surface area contributed by atoms with Crippen LogP contribution in [0.15, 0.2) is 47.4 Å². The summed E-state index contributed by atoms with van der Waals surface area (Å²) in [6, 6.07) is 10.5. The molecule has 0 saturated carbocycles. The average molecular weight is 359 g/mol. The molecule has 6 nitrogen and oxygen atoms in total. The lowest BCUT2D eigenvalue weighted by Gasteiger charge is -2.11. The van der Waals surface area contributed by atoms with Crippen LogP contribution in [0.3, 0.4) is 0 Å². The van der Waals surface area contributed by atoms with E-state index in [2.05, 4.69) is 17.5 Å². The maximum absolute atomic E-state index is 11.4. The highest BCUT2D eigenvalue weighted by atomic mass is 35.5. The van der Waals surface area contributed by atoms with E-state index in [9.17, 15) is 13.0 Å². The van der Waals surface area contributed by atoms with Crippen molar-refractivity contribution < 1.29 is 17.7 Å². The lowest BCUT2D eigenvalue weighted by molar-refractivity contribution is 0.472. The molecule has 2 aromatic carbocycles. The Morgan fingerprint density at radius 3 is 2.32 bits per heavy atom. The minimum atomic E-state index is -4.48. The van der Waals surface area contributed by atoms with Crippen LogP contribution in [0.1, 0.15) is 0 Å². The number of rotatable bonds is 4. The van der Waals surface area contributed by atoms with Gasteiger partial charge in [-0.1, -0.05) is 11.6 Å². The van der Waals surface area contributed by atoms with Crippen molar-refractivity contribution in [1.29, 1.82) is 0 Å². The van der Waals surface area contributed by atoms with Crippen molar-refractivity contribution in [2.75, 3.05) is 5.32 Å². The van der Waals surface area contributed by atoms with Crippen LogP contribution in [-0.2, 0) is 10.1 Å². The third kappa shape index (κ3) is 4.31. The first-order chi connectivity index (χ1) is 10.3. The SMILES string of the molecule is NC(=S)Nc1ccc(Oc2ccc(Cl)cc2)cc1S(=O)(=O)O. The number of halogens is 1. The van der Waals surface area contributed by atoms with Crippen LogP contribution in [0.25, 0.3) is 0 Å². The number of hydrogen-bond acceptors (Lipinski definition) is 4. The summed E-state index contributed by atoms with van der Waals surface area (Å²) in [5.74, 6) is 0.671. The minimum Gasteiger partial charge on any atom is -0.457 e. The fourth-order valence-corrected chi connectivity index (χ4v) is 2.55. The molecule has 0 heterocycles. The van der Waals surface area contributed by atoms with Gasteiger partial charge in [0.2, 0.25) is 0 Å². The lowest BCUT2D eigenvalue weighted by atomic mass is 10.3. The standard InChI is InChI=1S/C13H11ClN2O4S2/c14-8-1-3-9(4-2-8)20-10-5-6-11(16-13(15)21)12(7-10)22(17,18)19/h1-7H,(H3,15,16,21)(H,17,18,19). The van der Waals surface area contributed by atoms with E-state index in [1.807, 2.05) is 0 Å². The number of thiocarbonyl (C=S) groups is 1. The molecule has 0 radical (unpaired) electrons. The van der Waals surface area contributed by atoms with Gasteiger partial charge in [-0.2, -0.15) is 8.42 Å². The van der Waals surface area contributed by atoms with E-state index in [0.29, 0.717) is 10.8 Å².